The molecule has 1 aromatic rings. The second kappa shape index (κ2) is 44.4. The van der Waals surface area contributed by atoms with Crippen molar-refractivity contribution in [3.8, 4) is 11.5 Å². The van der Waals surface area contributed by atoms with E-state index in [-0.39, 0.29) is 0 Å². The molecule has 4 atom stereocenters. The number of ether oxygens (including phenoxy) is 2. The monoisotopic (exact) mass is 839 g/mol. The summed E-state index contributed by atoms with van der Waals surface area (Å²) in [5.74, 6) is 3.64. The molecule has 0 bridgehead atoms. The van der Waals surface area contributed by atoms with Crippen molar-refractivity contribution in [1.29, 1.82) is 0 Å². The number of rotatable bonds is 48. The molecule has 0 amide bonds. The second-order valence-corrected chi connectivity index (χ2v) is 20.1. The summed E-state index contributed by atoms with van der Waals surface area (Å²) in [6, 6.07) is 8.79. The third-order valence-electron chi connectivity index (χ3n) is 13.8. The summed E-state index contributed by atoms with van der Waals surface area (Å²) >= 11 is 0. The smallest absolute Gasteiger partial charge is 0.119 e. The van der Waals surface area contributed by atoms with Gasteiger partial charge in [-0.2, -0.15) is 0 Å². The minimum atomic E-state index is 0.324. The average molecular weight is 840 g/mol. The minimum absolute atomic E-state index is 0.324. The summed E-state index contributed by atoms with van der Waals surface area (Å²) in [7, 11) is 0. The van der Waals surface area contributed by atoms with Gasteiger partial charge in [-0.1, -0.05) is 260 Å². The first-order valence-electron chi connectivity index (χ1n) is 28.0. The molecule has 4 unspecified atom stereocenters. The molecule has 2 heteroatoms. The number of hydrogen-bond acceptors (Lipinski definition) is 2. The summed E-state index contributed by atoms with van der Waals surface area (Å²) in [6.07, 6.45) is 58.5. The van der Waals surface area contributed by atoms with Crippen LogP contribution in [-0.2, 0) is 0 Å². The van der Waals surface area contributed by atoms with Gasteiger partial charge in [-0.25, -0.2) is 0 Å². The van der Waals surface area contributed by atoms with Crippen LogP contribution < -0.4 is 9.47 Å². The van der Waals surface area contributed by atoms with E-state index in [0.29, 0.717) is 12.2 Å². The van der Waals surface area contributed by atoms with E-state index >= 15 is 0 Å². The first-order valence-corrected chi connectivity index (χ1v) is 28.0. The third-order valence-corrected chi connectivity index (χ3v) is 13.8. The molecule has 1 aromatic carbocycles. The van der Waals surface area contributed by atoms with Gasteiger partial charge in [0.1, 0.15) is 11.5 Å². The van der Waals surface area contributed by atoms with Crippen LogP contribution in [0.4, 0.5) is 0 Å². The van der Waals surface area contributed by atoms with Crippen LogP contribution >= 0.6 is 0 Å². The van der Waals surface area contributed by atoms with E-state index < -0.39 is 0 Å². The van der Waals surface area contributed by atoms with E-state index in [4.69, 9.17) is 9.47 Å². The molecule has 0 aliphatic carbocycles. The molecule has 0 saturated carbocycles. The van der Waals surface area contributed by atoms with Crippen molar-refractivity contribution in [2.75, 3.05) is 0 Å². The van der Waals surface area contributed by atoms with Gasteiger partial charge in [0.2, 0.25) is 0 Å². The molecule has 0 heterocycles. The molecule has 60 heavy (non-hydrogen) atoms. The molecule has 0 radical (unpaired) electrons. The van der Waals surface area contributed by atoms with Crippen molar-refractivity contribution in [3.63, 3.8) is 0 Å². The topological polar surface area (TPSA) is 18.5 Å². The molecule has 354 valence electrons. The van der Waals surface area contributed by atoms with Crippen LogP contribution in [-0.4, -0.2) is 12.2 Å². The summed E-state index contributed by atoms with van der Waals surface area (Å²) < 4.78 is 13.5. The molecule has 0 aliphatic heterocycles. The molecule has 0 fully saturated rings. The first kappa shape index (κ1) is 56.8. The van der Waals surface area contributed by atoms with Crippen LogP contribution in [0.2, 0.25) is 0 Å². The van der Waals surface area contributed by atoms with Gasteiger partial charge in [0.25, 0.3) is 0 Å². The highest BCUT2D eigenvalue weighted by atomic mass is 16.5. The van der Waals surface area contributed by atoms with Gasteiger partial charge >= 0.3 is 0 Å². The van der Waals surface area contributed by atoms with Crippen molar-refractivity contribution in [2.24, 2.45) is 11.8 Å². The number of unbranched alkanes of at least 4 members (excludes halogenated alkanes) is 30. The molecule has 1 rings (SSSR count). The Hall–Kier alpha value is -1.18. The van der Waals surface area contributed by atoms with Gasteiger partial charge in [0.15, 0.2) is 0 Å². The molecule has 0 N–H and O–H groups in total. The highest BCUT2D eigenvalue weighted by molar-refractivity contribution is 5.31. The Morgan fingerprint density at radius 1 is 0.267 bits per heavy atom. The Morgan fingerprint density at radius 3 is 0.733 bits per heavy atom. The maximum atomic E-state index is 6.77. The van der Waals surface area contributed by atoms with E-state index in [0.717, 1.165) is 23.3 Å². The fourth-order valence-electron chi connectivity index (χ4n) is 9.35. The van der Waals surface area contributed by atoms with E-state index in [2.05, 4.69) is 65.8 Å². The average Bonchev–Trinajstić information content (AvgIpc) is 3.25. The zero-order chi connectivity index (χ0) is 43.4. The summed E-state index contributed by atoms with van der Waals surface area (Å²) in [5.41, 5.74) is 0. The lowest BCUT2D eigenvalue weighted by Crippen LogP contribution is -2.19. The zero-order valence-electron chi connectivity index (χ0n) is 42.1. The van der Waals surface area contributed by atoms with E-state index in [9.17, 15) is 0 Å². The van der Waals surface area contributed by atoms with Crippen LogP contribution in [0.1, 0.15) is 311 Å². The van der Waals surface area contributed by atoms with Gasteiger partial charge in [-0.05, 0) is 87.5 Å². The Bertz CT molecular complexity index is 879. The molecule has 0 spiro atoms. The molecule has 2 nitrogen and oxygen atoms in total. The van der Waals surface area contributed by atoms with Gasteiger partial charge in [-0.3, -0.25) is 0 Å². The normalized spacial score (nSPS) is 13.7. The van der Waals surface area contributed by atoms with Gasteiger partial charge in [-0.15, -0.1) is 0 Å². The van der Waals surface area contributed by atoms with Crippen molar-refractivity contribution in [1.82, 2.24) is 0 Å². The Labute approximate surface area is 379 Å². The number of benzene rings is 1. The van der Waals surface area contributed by atoms with Crippen molar-refractivity contribution < 1.29 is 9.47 Å². The van der Waals surface area contributed by atoms with Crippen LogP contribution in [0.3, 0.4) is 0 Å². The Kier molecular flexibility index (Phi) is 42.1. The van der Waals surface area contributed by atoms with Crippen molar-refractivity contribution in [3.05, 3.63) is 24.3 Å². The summed E-state index contributed by atoms with van der Waals surface area (Å²) in [6.45, 7) is 14.2. The third kappa shape index (κ3) is 37.4. The fraction of sp³-hybridized carbons (Fsp3) is 0.897. The first-order chi connectivity index (χ1) is 29.5. The second-order valence-electron chi connectivity index (χ2n) is 20.1. The Balaban J connectivity index is 2.51. The molecular formula is C58H110O2. The van der Waals surface area contributed by atoms with Crippen LogP contribution in [0.15, 0.2) is 24.3 Å². The lowest BCUT2D eigenvalue weighted by molar-refractivity contribution is 0.161. The van der Waals surface area contributed by atoms with Crippen LogP contribution in [0.25, 0.3) is 0 Å². The van der Waals surface area contributed by atoms with E-state index in [1.54, 1.807) is 0 Å². The van der Waals surface area contributed by atoms with E-state index in [1.807, 2.05) is 0 Å². The zero-order valence-corrected chi connectivity index (χ0v) is 42.1. The number of hydrogen-bond donors (Lipinski definition) is 0. The molecule has 0 aromatic heterocycles. The van der Waals surface area contributed by atoms with Gasteiger partial charge in [0.05, 0.1) is 12.2 Å². The van der Waals surface area contributed by atoms with E-state index in [1.165, 1.54) is 270 Å². The quantitative estimate of drug-likeness (QED) is 0.0609. The van der Waals surface area contributed by atoms with Gasteiger partial charge in [0, 0.05) is 0 Å². The largest absolute Gasteiger partial charge is 0.490 e. The maximum absolute atomic E-state index is 6.77. The van der Waals surface area contributed by atoms with Crippen LogP contribution in [0, 0.1) is 11.8 Å². The summed E-state index contributed by atoms with van der Waals surface area (Å²) in [4.78, 5) is 0. The Morgan fingerprint density at radius 2 is 0.483 bits per heavy atom. The highest BCUT2D eigenvalue weighted by Crippen LogP contribution is 2.28. The minimum Gasteiger partial charge on any atom is -0.490 e. The van der Waals surface area contributed by atoms with Crippen molar-refractivity contribution >= 4 is 0 Å². The van der Waals surface area contributed by atoms with Gasteiger partial charge < -0.3 is 9.47 Å². The predicted molar refractivity (Wildman–Crippen MR) is 270 cm³/mol. The standard InChI is InChI=1S/C58H110O2/c1-7-11-15-19-21-23-25-27-29-31-35-37-41-53(5)45-47-55(43-39-33-17-13-9-3)59-57-49-51-58(52-50-57)60-56(44-40-34-18-14-10-4)48-46-54(6)42-38-36-32-30-28-26-24-22-20-16-12-8-2/h49-56H,7-48H2,1-6H3. The molecular weight excluding hydrogens is 729 g/mol. The lowest BCUT2D eigenvalue weighted by atomic mass is 9.94. The SMILES string of the molecule is CCCCCCCCCCCCCCC(C)CCC(CCCCCCC)Oc1ccc(OC(CCCCCCC)CCC(C)CCCCCCCCCCCCCC)cc1. The van der Waals surface area contributed by atoms with Crippen LogP contribution in [0.5, 0.6) is 11.5 Å². The lowest BCUT2D eigenvalue weighted by Gasteiger charge is -2.23. The summed E-state index contributed by atoms with van der Waals surface area (Å²) in [5, 5.41) is 0. The predicted octanol–water partition coefficient (Wildman–Crippen LogP) is 20.9. The fourth-order valence-corrected chi connectivity index (χ4v) is 9.35. The molecule has 0 aliphatic rings. The van der Waals surface area contributed by atoms with Crippen molar-refractivity contribution in [2.45, 2.75) is 323 Å². The molecule has 0 saturated heterocycles. The maximum Gasteiger partial charge on any atom is 0.119 e. The highest BCUT2D eigenvalue weighted by Gasteiger charge is 2.16.